The third kappa shape index (κ3) is 4.77. The number of hydrogen-bond donors (Lipinski definition) is 0. The van der Waals surface area contributed by atoms with E-state index in [4.69, 9.17) is 4.74 Å². The molecule has 0 atom stereocenters. The number of methoxy groups -OCH3 is 1. The second kappa shape index (κ2) is 6.42. The molecule has 1 aromatic rings. The molecule has 0 fully saturated rings. The number of carbonyl (C=O) groups is 1. The molecule has 0 amide bonds. The minimum atomic E-state index is -3.66. The van der Waals surface area contributed by atoms with Crippen molar-refractivity contribution in [1.82, 2.24) is 0 Å². The number of rotatable bonds is 6. The third-order valence-electron chi connectivity index (χ3n) is 2.11. The van der Waals surface area contributed by atoms with Gasteiger partial charge in [0.05, 0.1) is 12.2 Å². The lowest BCUT2D eigenvalue weighted by atomic mass is 10.1. The van der Waals surface area contributed by atoms with Crippen molar-refractivity contribution >= 4 is 5.97 Å². The van der Waals surface area contributed by atoms with Crippen molar-refractivity contribution in [2.45, 2.75) is 13.2 Å². The maximum Gasteiger partial charge on any atom is 0.485 e. The number of alkyl halides is 2. The Bertz CT molecular complexity index is 390. The van der Waals surface area contributed by atoms with Crippen LogP contribution >= 0.6 is 0 Å². The summed E-state index contributed by atoms with van der Waals surface area (Å²) in [6.45, 7) is 1.17. The summed E-state index contributed by atoms with van der Waals surface area (Å²) in [6.07, 6.45) is -3.66. The summed E-state index contributed by atoms with van der Waals surface area (Å²) in [6, 6.07) is 6.71. The lowest BCUT2D eigenvalue weighted by molar-refractivity contribution is -0.384. The van der Waals surface area contributed by atoms with Gasteiger partial charge in [-0.1, -0.05) is 17.7 Å². The molecule has 0 N–H and O–H groups in total. The maximum absolute atomic E-state index is 12.5. The lowest BCUT2D eigenvalue weighted by Crippen LogP contribution is -2.25. The Labute approximate surface area is 103 Å². The van der Waals surface area contributed by atoms with E-state index in [2.05, 4.69) is 9.47 Å². The Morgan fingerprint density at radius 1 is 1.22 bits per heavy atom. The summed E-state index contributed by atoms with van der Waals surface area (Å²) >= 11 is 0. The van der Waals surface area contributed by atoms with E-state index >= 15 is 0 Å². The predicted octanol–water partition coefficient (Wildman–Crippen LogP) is 2.37. The Kier molecular flexibility index (Phi) is 5.18. The number of benzene rings is 1. The molecule has 0 unspecified atom stereocenters. The summed E-state index contributed by atoms with van der Waals surface area (Å²) in [7, 11) is 0.818. The van der Waals surface area contributed by atoms with Gasteiger partial charge in [-0.05, 0) is 19.1 Å². The van der Waals surface area contributed by atoms with Gasteiger partial charge in [0.25, 0.3) is 0 Å². The van der Waals surface area contributed by atoms with Crippen LogP contribution in [0.15, 0.2) is 24.3 Å². The molecular formula is C12H14F2O4. The van der Waals surface area contributed by atoms with Gasteiger partial charge in [0, 0.05) is 7.11 Å². The number of ether oxygens (including phenoxy) is 3. The van der Waals surface area contributed by atoms with Crippen molar-refractivity contribution in [2.75, 3.05) is 20.3 Å². The van der Waals surface area contributed by atoms with Crippen LogP contribution in [0.4, 0.5) is 8.78 Å². The number of esters is 1. The normalized spacial score (nSPS) is 11.3. The van der Waals surface area contributed by atoms with E-state index in [1.165, 1.54) is 0 Å². The van der Waals surface area contributed by atoms with Crippen LogP contribution in [0.1, 0.15) is 15.9 Å². The van der Waals surface area contributed by atoms with Crippen molar-refractivity contribution in [2.24, 2.45) is 0 Å². The summed E-state index contributed by atoms with van der Waals surface area (Å²) in [5.41, 5.74) is 1.37. The first-order valence-corrected chi connectivity index (χ1v) is 5.25. The second-order valence-corrected chi connectivity index (χ2v) is 3.52. The van der Waals surface area contributed by atoms with E-state index in [9.17, 15) is 13.6 Å². The second-order valence-electron chi connectivity index (χ2n) is 3.52. The third-order valence-corrected chi connectivity index (χ3v) is 2.11. The summed E-state index contributed by atoms with van der Waals surface area (Å²) in [5.74, 6) is -0.584. The Morgan fingerprint density at radius 2 is 1.83 bits per heavy atom. The molecule has 1 rings (SSSR count). The van der Waals surface area contributed by atoms with Gasteiger partial charge >= 0.3 is 12.3 Å². The smallest absolute Gasteiger partial charge is 0.460 e. The van der Waals surface area contributed by atoms with Crippen molar-refractivity contribution in [3.05, 3.63) is 35.4 Å². The summed E-state index contributed by atoms with van der Waals surface area (Å²) in [5, 5.41) is 0. The first-order chi connectivity index (χ1) is 8.44. The molecule has 0 saturated carbocycles. The highest BCUT2D eigenvalue weighted by Crippen LogP contribution is 2.14. The number of halogens is 2. The first-order valence-electron chi connectivity index (χ1n) is 5.25. The topological polar surface area (TPSA) is 44.8 Å². The van der Waals surface area contributed by atoms with Crippen LogP contribution in [0.3, 0.4) is 0 Å². The fourth-order valence-electron chi connectivity index (χ4n) is 1.13. The highest BCUT2D eigenvalue weighted by Gasteiger charge is 2.29. The van der Waals surface area contributed by atoms with E-state index in [0.29, 0.717) is 5.56 Å². The molecule has 0 saturated heterocycles. The van der Waals surface area contributed by atoms with Gasteiger partial charge in [0.15, 0.2) is 0 Å². The van der Waals surface area contributed by atoms with Crippen molar-refractivity contribution in [1.29, 1.82) is 0 Å². The fourth-order valence-corrected chi connectivity index (χ4v) is 1.13. The van der Waals surface area contributed by atoms with Gasteiger partial charge in [-0.25, -0.2) is 4.79 Å². The molecule has 0 aliphatic heterocycles. The van der Waals surface area contributed by atoms with Gasteiger partial charge < -0.3 is 4.74 Å². The van der Waals surface area contributed by atoms with Crippen molar-refractivity contribution in [3.63, 3.8) is 0 Å². The molecule has 0 spiro atoms. The molecule has 0 bridgehead atoms. The van der Waals surface area contributed by atoms with E-state index in [0.717, 1.165) is 12.7 Å². The van der Waals surface area contributed by atoms with Gasteiger partial charge in [0.2, 0.25) is 0 Å². The molecule has 0 aromatic heterocycles. The average molecular weight is 260 g/mol. The molecular weight excluding hydrogens is 246 g/mol. The summed E-state index contributed by atoms with van der Waals surface area (Å²) < 4.78 is 37.5. The monoisotopic (exact) mass is 260 g/mol. The first kappa shape index (κ1) is 14.5. The molecule has 4 nitrogen and oxygen atoms in total. The van der Waals surface area contributed by atoms with Crippen molar-refractivity contribution in [3.8, 4) is 0 Å². The Morgan fingerprint density at radius 3 is 2.39 bits per heavy atom. The van der Waals surface area contributed by atoms with E-state index < -0.39 is 18.9 Å². The van der Waals surface area contributed by atoms with Crippen molar-refractivity contribution < 1.29 is 27.8 Å². The molecule has 1 aromatic carbocycles. The van der Waals surface area contributed by atoms with E-state index in [1.54, 1.807) is 24.3 Å². The zero-order chi connectivity index (χ0) is 13.6. The minimum Gasteiger partial charge on any atom is -0.460 e. The highest BCUT2D eigenvalue weighted by atomic mass is 19.3. The van der Waals surface area contributed by atoms with Gasteiger partial charge in [0.1, 0.15) is 6.61 Å². The molecule has 0 aliphatic carbocycles. The van der Waals surface area contributed by atoms with E-state index in [-0.39, 0.29) is 6.61 Å². The molecule has 0 radical (unpaired) electrons. The molecule has 6 heteroatoms. The molecule has 0 heterocycles. The largest absolute Gasteiger partial charge is 0.485 e. The molecule has 100 valence electrons. The van der Waals surface area contributed by atoms with Gasteiger partial charge in [-0.15, -0.1) is 8.78 Å². The average Bonchev–Trinajstić information content (AvgIpc) is 2.35. The number of carbonyl (C=O) groups excluding carboxylic acids is 1. The fraction of sp³-hybridized carbons (Fsp3) is 0.417. The van der Waals surface area contributed by atoms with Gasteiger partial charge in [-0.2, -0.15) is 0 Å². The molecule has 18 heavy (non-hydrogen) atoms. The van der Waals surface area contributed by atoms with Crippen LogP contribution in [-0.2, 0) is 14.2 Å². The van der Waals surface area contributed by atoms with Crippen LogP contribution < -0.4 is 0 Å². The zero-order valence-corrected chi connectivity index (χ0v) is 10.1. The summed E-state index contributed by atoms with van der Waals surface area (Å²) in [4.78, 5) is 11.5. The quantitative estimate of drug-likeness (QED) is 0.447. The highest BCUT2D eigenvalue weighted by molar-refractivity contribution is 5.89. The lowest BCUT2D eigenvalue weighted by Gasteiger charge is -2.13. The van der Waals surface area contributed by atoms with Crippen LogP contribution in [0.2, 0.25) is 0 Å². The minimum absolute atomic E-state index is 0.272. The van der Waals surface area contributed by atoms with Crippen LogP contribution in [0, 0.1) is 6.92 Å². The predicted molar refractivity (Wildman–Crippen MR) is 59.4 cm³/mol. The van der Waals surface area contributed by atoms with Crippen LogP contribution in [-0.4, -0.2) is 32.6 Å². The SMILES string of the molecule is COC(F)(F)OCCOC(=O)c1ccc(C)cc1. The maximum atomic E-state index is 12.5. The van der Waals surface area contributed by atoms with E-state index in [1.807, 2.05) is 6.92 Å². The Hall–Kier alpha value is -1.53. The Balaban J connectivity index is 2.32. The van der Waals surface area contributed by atoms with Gasteiger partial charge in [-0.3, -0.25) is 9.47 Å². The zero-order valence-electron chi connectivity index (χ0n) is 10.1. The van der Waals surface area contributed by atoms with Crippen LogP contribution in [0.25, 0.3) is 0 Å². The van der Waals surface area contributed by atoms with Crippen LogP contribution in [0.5, 0.6) is 0 Å². The standard InChI is InChI=1S/C12H14F2O4/c1-9-3-5-10(6-4-9)11(15)17-7-8-18-12(13,14)16-2/h3-6H,7-8H2,1-2H3. The number of hydrogen-bond acceptors (Lipinski definition) is 4. The number of aryl methyl sites for hydroxylation is 1. The molecule has 0 aliphatic rings.